The summed E-state index contributed by atoms with van der Waals surface area (Å²) < 4.78 is 17.6. The van der Waals surface area contributed by atoms with Gasteiger partial charge in [-0.2, -0.15) is 0 Å². The summed E-state index contributed by atoms with van der Waals surface area (Å²) in [6, 6.07) is 6.85. The zero-order valence-electron chi connectivity index (χ0n) is 18.6. The van der Waals surface area contributed by atoms with Gasteiger partial charge in [0.05, 0.1) is 36.4 Å². The van der Waals surface area contributed by atoms with E-state index in [-0.39, 0.29) is 22.5 Å². The zero-order chi connectivity index (χ0) is 22.7. The summed E-state index contributed by atoms with van der Waals surface area (Å²) >= 11 is 0. The number of piperidine rings is 3. The quantitative estimate of drug-likeness (QED) is 0.610. The molecule has 0 saturated carbocycles. The van der Waals surface area contributed by atoms with E-state index in [0.29, 0.717) is 30.3 Å². The molecule has 2 aromatic rings. The molecule has 1 aromatic carbocycles. The van der Waals surface area contributed by atoms with E-state index in [2.05, 4.69) is 19.7 Å². The number of nitrogens with one attached hydrogen (secondary N) is 1. The first kappa shape index (κ1) is 22.6. The Labute approximate surface area is 190 Å². The number of ether oxygens (including phenoxy) is 2. The van der Waals surface area contributed by atoms with Crippen LogP contribution in [0.4, 0.5) is 0 Å². The molecule has 2 bridgehead atoms. The van der Waals surface area contributed by atoms with Gasteiger partial charge in [-0.15, -0.1) is 0 Å². The molecule has 1 atom stereocenters. The van der Waals surface area contributed by atoms with E-state index in [1.54, 1.807) is 31.0 Å². The Hall–Kier alpha value is -2.57. The molecule has 3 aliphatic rings. The number of carbonyl (C=O) groups is 1. The van der Waals surface area contributed by atoms with Crippen molar-refractivity contribution in [3.8, 4) is 17.2 Å². The van der Waals surface area contributed by atoms with Crippen LogP contribution in [0.2, 0.25) is 0 Å². The smallest absolute Gasteiger partial charge is 0.268 e. The molecule has 1 N–H and O–H groups in total. The normalized spacial score (nSPS) is 21.8. The Morgan fingerprint density at radius 3 is 2.44 bits per heavy atom. The predicted octanol–water partition coefficient (Wildman–Crippen LogP) is 2.30. The van der Waals surface area contributed by atoms with Gasteiger partial charge >= 0.3 is 0 Å². The lowest BCUT2D eigenvalue weighted by Crippen LogP contribution is -2.52. The van der Waals surface area contributed by atoms with Gasteiger partial charge in [0.2, 0.25) is 5.43 Å². The maximum absolute atomic E-state index is 13.2. The van der Waals surface area contributed by atoms with Crippen molar-refractivity contribution in [1.29, 1.82) is 0 Å². The van der Waals surface area contributed by atoms with Crippen LogP contribution in [0.25, 0.3) is 0 Å². The number of hydrogen-bond acceptors (Lipinski definition) is 6. The van der Waals surface area contributed by atoms with E-state index in [9.17, 15) is 9.59 Å². The average molecular weight is 459 g/mol. The summed E-state index contributed by atoms with van der Waals surface area (Å²) in [5.41, 5.74) is 0.965. The maximum atomic E-state index is 13.2. The lowest BCUT2D eigenvalue weighted by atomic mass is 9.72. The van der Waals surface area contributed by atoms with Crippen LogP contribution in [0.1, 0.15) is 35.3 Å². The minimum Gasteiger partial charge on any atom is -0.497 e. The monoisotopic (exact) mass is 459 g/mol. The molecule has 3 aliphatic heterocycles. The summed E-state index contributed by atoms with van der Waals surface area (Å²) in [7, 11) is 5.27. The van der Waals surface area contributed by atoms with Crippen molar-refractivity contribution in [3.05, 3.63) is 51.9 Å². The van der Waals surface area contributed by atoms with Gasteiger partial charge in [-0.05, 0) is 56.4 Å². The van der Waals surface area contributed by atoms with Gasteiger partial charge in [-0.3, -0.25) is 9.59 Å². The lowest BCUT2D eigenvalue weighted by molar-refractivity contribution is 0.0261. The first-order valence-corrected chi connectivity index (χ1v) is 11.3. The highest BCUT2D eigenvalue weighted by Gasteiger charge is 2.39. The predicted molar refractivity (Wildman–Crippen MR) is 125 cm³/mol. The number of pyridine rings is 1. The third-order valence-corrected chi connectivity index (χ3v) is 7.04. The number of nitrogens with zero attached hydrogens (tertiary/aromatic N) is 2. The van der Waals surface area contributed by atoms with Crippen LogP contribution >= 0.6 is 9.47 Å². The number of benzene rings is 1. The number of hydrogen-bond donors (Lipinski definition) is 1. The second kappa shape index (κ2) is 9.51. The first-order chi connectivity index (χ1) is 15.5. The van der Waals surface area contributed by atoms with E-state index in [0.717, 1.165) is 44.5 Å². The molecule has 1 unspecified atom stereocenters. The average Bonchev–Trinajstić information content (AvgIpc) is 2.84. The fourth-order valence-electron chi connectivity index (χ4n) is 4.65. The Morgan fingerprint density at radius 1 is 1.09 bits per heavy atom. The third kappa shape index (κ3) is 4.62. The molecule has 9 heteroatoms. The van der Waals surface area contributed by atoms with Crippen LogP contribution < -0.4 is 24.7 Å². The van der Waals surface area contributed by atoms with Crippen LogP contribution in [0, 0.1) is 5.41 Å². The molecule has 3 saturated heterocycles. The van der Waals surface area contributed by atoms with Crippen molar-refractivity contribution in [2.75, 3.05) is 40.4 Å². The van der Waals surface area contributed by atoms with Crippen LogP contribution in [0.3, 0.4) is 0 Å². The molecule has 5 rings (SSSR count). The Morgan fingerprint density at radius 2 is 1.81 bits per heavy atom. The van der Waals surface area contributed by atoms with Gasteiger partial charge in [0, 0.05) is 24.2 Å². The van der Waals surface area contributed by atoms with Crippen molar-refractivity contribution in [2.24, 2.45) is 5.41 Å². The second-order valence-corrected chi connectivity index (χ2v) is 8.82. The zero-order valence-corrected chi connectivity index (χ0v) is 19.7. The fourth-order valence-corrected chi connectivity index (χ4v) is 4.83. The minimum atomic E-state index is -0.341. The van der Waals surface area contributed by atoms with E-state index < -0.39 is 0 Å². The molecule has 0 radical (unpaired) electrons. The molecule has 8 nitrogen and oxygen atoms in total. The Kier molecular flexibility index (Phi) is 6.72. The number of aromatic nitrogens is 1. The third-order valence-electron chi connectivity index (χ3n) is 6.79. The van der Waals surface area contributed by atoms with Gasteiger partial charge in [-0.1, -0.05) is 0 Å². The standard InChI is InChI=1S/C23H30N3O5P/c1-29-17-4-3-16(20(11-17)30-2)13-26-14-21(31-32)19(27)12-18(26)22(28)24-15-23-5-8-25(9-6-23)10-7-23/h3-4,11-12,14H,5-10,13,15,32H2,1-2H3,(H,24,28). The maximum Gasteiger partial charge on any atom is 0.268 e. The van der Waals surface area contributed by atoms with Crippen molar-refractivity contribution in [1.82, 2.24) is 14.8 Å². The van der Waals surface area contributed by atoms with E-state index in [1.165, 1.54) is 6.07 Å². The number of carbonyl (C=O) groups excluding carboxylic acids is 1. The van der Waals surface area contributed by atoms with Gasteiger partial charge in [0.15, 0.2) is 5.75 Å². The SMILES string of the molecule is COc1ccc(Cn2cc(OP)c(=O)cc2C(=O)NCC23CCN(CC2)CC3)c(OC)c1. The first-order valence-electron chi connectivity index (χ1n) is 10.8. The van der Waals surface area contributed by atoms with E-state index >= 15 is 0 Å². The summed E-state index contributed by atoms with van der Waals surface area (Å²) in [4.78, 5) is 28.1. The highest BCUT2D eigenvalue weighted by Crippen LogP contribution is 2.39. The molecule has 0 spiro atoms. The largest absolute Gasteiger partial charge is 0.497 e. The molecule has 32 heavy (non-hydrogen) atoms. The van der Waals surface area contributed by atoms with Crippen molar-refractivity contribution >= 4 is 15.4 Å². The topological polar surface area (TPSA) is 82.0 Å². The highest BCUT2D eigenvalue weighted by molar-refractivity contribution is 7.10. The van der Waals surface area contributed by atoms with Gasteiger partial charge in [0.25, 0.3) is 5.91 Å². The van der Waals surface area contributed by atoms with Gasteiger partial charge in [0.1, 0.15) is 17.2 Å². The van der Waals surface area contributed by atoms with E-state index in [1.807, 2.05) is 12.1 Å². The van der Waals surface area contributed by atoms with Crippen LogP contribution in [0.15, 0.2) is 35.3 Å². The molecule has 1 amide bonds. The van der Waals surface area contributed by atoms with Gasteiger partial charge in [-0.25, -0.2) is 0 Å². The molecule has 172 valence electrons. The summed E-state index contributed by atoms with van der Waals surface area (Å²) in [6.45, 7) is 4.24. The van der Waals surface area contributed by atoms with Crippen molar-refractivity contribution in [3.63, 3.8) is 0 Å². The van der Waals surface area contributed by atoms with E-state index in [4.69, 9.17) is 14.0 Å². The van der Waals surface area contributed by atoms with Crippen LogP contribution in [0.5, 0.6) is 17.2 Å². The molecular formula is C23H30N3O5P. The van der Waals surface area contributed by atoms with Gasteiger partial charge < -0.3 is 28.8 Å². The molecule has 4 heterocycles. The number of amides is 1. The summed E-state index contributed by atoms with van der Waals surface area (Å²) in [5, 5.41) is 3.11. The number of fused-ring (bicyclic) bond motifs is 3. The van der Waals surface area contributed by atoms with Crippen LogP contribution in [-0.2, 0) is 6.54 Å². The summed E-state index contributed by atoms with van der Waals surface area (Å²) in [6.07, 6.45) is 4.86. The molecule has 0 aliphatic carbocycles. The summed E-state index contributed by atoms with van der Waals surface area (Å²) in [5.74, 6) is 1.20. The number of methoxy groups -OCH3 is 2. The fraction of sp³-hybridized carbons (Fsp3) is 0.478. The molecule has 1 aromatic heterocycles. The van der Waals surface area contributed by atoms with Crippen molar-refractivity contribution in [2.45, 2.75) is 25.8 Å². The van der Waals surface area contributed by atoms with Crippen molar-refractivity contribution < 1.29 is 18.8 Å². The highest BCUT2D eigenvalue weighted by atomic mass is 31.0. The molecular weight excluding hydrogens is 429 g/mol. The molecule has 3 fully saturated rings. The second-order valence-electron chi connectivity index (χ2n) is 8.59. The number of rotatable bonds is 8. The lowest BCUT2D eigenvalue weighted by Gasteiger charge is -2.48. The Balaban J connectivity index is 1.60. The minimum absolute atomic E-state index is 0.150. The Bertz CT molecular complexity index is 1030. The van der Waals surface area contributed by atoms with Crippen LogP contribution in [-0.4, -0.2) is 55.8 Å².